The van der Waals surface area contributed by atoms with Gasteiger partial charge in [0, 0.05) is 24.1 Å². The van der Waals surface area contributed by atoms with Gasteiger partial charge in [-0.05, 0) is 12.1 Å². The number of halogens is 2. The van der Waals surface area contributed by atoms with Gasteiger partial charge in [0.2, 0.25) is 0 Å². The number of hydrogen-bond donors (Lipinski definition) is 2. The smallest absolute Gasteiger partial charge is 0.326 e. The quantitative estimate of drug-likeness (QED) is 0.870. The highest BCUT2D eigenvalue weighted by Crippen LogP contribution is 2.28. The highest BCUT2D eigenvalue weighted by atomic mass is 35.5. The Hall–Kier alpha value is -1.50. The van der Waals surface area contributed by atoms with Gasteiger partial charge in [0.05, 0.1) is 11.1 Å². The molecule has 21 heavy (non-hydrogen) atoms. The molecule has 8 heteroatoms. The number of ether oxygens (including phenoxy) is 1. The number of rotatable bonds is 4. The topological polar surface area (TPSA) is 87.1 Å². The number of nitrogens with zero attached hydrogens (tertiary/aromatic N) is 1. The number of aliphatic carboxylic acids is 1. The summed E-state index contributed by atoms with van der Waals surface area (Å²) in [5.41, 5.74) is 0. The van der Waals surface area contributed by atoms with Crippen LogP contribution >= 0.6 is 23.2 Å². The Bertz CT molecular complexity index is 565. The van der Waals surface area contributed by atoms with Crippen molar-refractivity contribution < 1.29 is 24.5 Å². The van der Waals surface area contributed by atoms with Gasteiger partial charge in [0.1, 0.15) is 11.8 Å². The molecule has 1 aliphatic heterocycles. The molecule has 0 aromatic heterocycles. The number of carboxylic acids is 1. The molecular weight excluding hydrogens is 321 g/mol. The van der Waals surface area contributed by atoms with Crippen molar-refractivity contribution in [3.63, 3.8) is 0 Å². The Morgan fingerprint density at radius 1 is 1.38 bits per heavy atom. The third-order valence-corrected chi connectivity index (χ3v) is 3.68. The van der Waals surface area contributed by atoms with Crippen molar-refractivity contribution >= 4 is 35.1 Å². The maximum absolute atomic E-state index is 12.0. The van der Waals surface area contributed by atoms with Crippen molar-refractivity contribution in [2.24, 2.45) is 0 Å². The first-order valence-corrected chi connectivity index (χ1v) is 6.92. The summed E-state index contributed by atoms with van der Waals surface area (Å²) in [6.07, 6.45) is -0.830. The van der Waals surface area contributed by atoms with Crippen molar-refractivity contribution in [1.82, 2.24) is 4.90 Å². The largest absolute Gasteiger partial charge is 0.482 e. The Balaban J connectivity index is 2.01. The van der Waals surface area contributed by atoms with E-state index in [4.69, 9.17) is 33.0 Å². The first kappa shape index (κ1) is 15.9. The molecular formula is C13H13Cl2NO5. The summed E-state index contributed by atoms with van der Waals surface area (Å²) in [5.74, 6) is -1.44. The highest BCUT2D eigenvalue weighted by Gasteiger charge is 2.38. The number of carbonyl (C=O) groups excluding carboxylic acids is 1. The van der Waals surface area contributed by atoms with Gasteiger partial charge in [0.15, 0.2) is 6.61 Å². The van der Waals surface area contributed by atoms with Gasteiger partial charge in [-0.25, -0.2) is 4.79 Å². The fourth-order valence-electron chi connectivity index (χ4n) is 2.13. The lowest BCUT2D eigenvalue weighted by molar-refractivity contribution is -0.148. The second-order valence-corrected chi connectivity index (χ2v) is 5.50. The van der Waals surface area contributed by atoms with Crippen molar-refractivity contribution in [2.45, 2.75) is 18.6 Å². The van der Waals surface area contributed by atoms with Crippen LogP contribution in [0.1, 0.15) is 6.42 Å². The monoisotopic (exact) mass is 333 g/mol. The zero-order chi connectivity index (χ0) is 15.6. The van der Waals surface area contributed by atoms with Crippen LogP contribution in [0.5, 0.6) is 5.75 Å². The lowest BCUT2D eigenvalue weighted by Gasteiger charge is -2.21. The summed E-state index contributed by atoms with van der Waals surface area (Å²) >= 11 is 11.7. The highest BCUT2D eigenvalue weighted by molar-refractivity contribution is 6.34. The Morgan fingerprint density at radius 2 is 2.10 bits per heavy atom. The molecule has 2 N–H and O–H groups in total. The van der Waals surface area contributed by atoms with Crippen LogP contribution in [0.25, 0.3) is 0 Å². The molecule has 0 radical (unpaired) electrons. The number of β-amino-alcohol motifs (C(OH)–C–C–N with tert-alkyl or cyclic N) is 1. The van der Waals surface area contributed by atoms with Crippen molar-refractivity contribution in [3.8, 4) is 5.75 Å². The second-order valence-electron chi connectivity index (χ2n) is 4.65. The fourth-order valence-corrected chi connectivity index (χ4v) is 2.47. The molecule has 1 aliphatic rings. The van der Waals surface area contributed by atoms with E-state index in [1.54, 1.807) is 6.07 Å². The number of aliphatic hydroxyl groups is 1. The molecule has 0 saturated carbocycles. The third kappa shape index (κ3) is 3.78. The number of likely N-dealkylation sites (tertiary alicyclic amines) is 1. The molecule has 6 nitrogen and oxygen atoms in total. The minimum atomic E-state index is -1.15. The van der Waals surface area contributed by atoms with E-state index in [2.05, 4.69) is 0 Å². The second kappa shape index (κ2) is 6.51. The predicted octanol–water partition coefficient (Wildman–Crippen LogP) is 1.42. The van der Waals surface area contributed by atoms with E-state index in [1.165, 1.54) is 12.1 Å². The summed E-state index contributed by atoms with van der Waals surface area (Å²) in [4.78, 5) is 24.2. The van der Waals surface area contributed by atoms with Crippen LogP contribution in [0, 0.1) is 0 Å². The molecule has 1 heterocycles. The van der Waals surface area contributed by atoms with E-state index in [-0.39, 0.29) is 25.3 Å². The molecule has 2 rings (SSSR count). The van der Waals surface area contributed by atoms with Gasteiger partial charge in [-0.3, -0.25) is 4.79 Å². The lowest BCUT2D eigenvalue weighted by atomic mass is 10.2. The molecule has 114 valence electrons. The molecule has 1 aromatic carbocycles. The van der Waals surface area contributed by atoms with E-state index >= 15 is 0 Å². The fraction of sp³-hybridized carbons (Fsp3) is 0.385. The Kier molecular flexibility index (Phi) is 4.92. The first-order valence-electron chi connectivity index (χ1n) is 6.16. The third-order valence-electron chi connectivity index (χ3n) is 3.13. The van der Waals surface area contributed by atoms with Crippen molar-refractivity contribution in [3.05, 3.63) is 28.2 Å². The number of carboxylic acid groups (broad SMARTS) is 1. The number of carbonyl (C=O) groups is 2. The molecule has 0 aliphatic carbocycles. The average Bonchev–Trinajstić information content (AvgIpc) is 2.82. The Labute approximate surface area is 130 Å². The maximum Gasteiger partial charge on any atom is 0.326 e. The van der Waals surface area contributed by atoms with Crippen LogP contribution in [0.3, 0.4) is 0 Å². The molecule has 0 unspecified atom stereocenters. The van der Waals surface area contributed by atoms with Crippen LogP contribution in [0.4, 0.5) is 0 Å². The summed E-state index contributed by atoms with van der Waals surface area (Å²) in [6.45, 7) is -0.404. The van der Waals surface area contributed by atoms with Gasteiger partial charge in [0.25, 0.3) is 5.91 Å². The van der Waals surface area contributed by atoms with Crippen molar-refractivity contribution in [2.75, 3.05) is 13.2 Å². The summed E-state index contributed by atoms with van der Waals surface area (Å²) < 4.78 is 5.27. The molecule has 0 spiro atoms. The zero-order valence-corrected chi connectivity index (χ0v) is 12.3. The molecule has 1 aromatic rings. The minimum absolute atomic E-state index is 0.0129. The zero-order valence-electron chi connectivity index (χ0n) is 10.8. The van der Waals surface area contributed by atoms with Crippen LogP contribution in [0.15, 0.2) is 18.2 Å². The number of hydrogen-bond acceptors (Lipinski definition) is 4. The molecule has 2 atom stereocenters. The standard InChI is InChI=1S/C13H13Cl2NO5/c14-7-1-2-9(15)11(3-7)21-6-12(18)16-5-8(17)4-10(16)13(19)20/h1-3,8,10,17H,4-6H2,(H,19,20)/t8-,10+/m1/s1. The van der Waals surface area contributed by atoms with Crippen LogP contribution in [-0.2, 0) is 9.59 Å². The SMILES string of the molecule is O=C(O)[C@@H]1C[C@@H](O)CN1C(=O)COc1cc(Cl)ccc1Cl. The van der Waals surface area contributed by atoms with E-state index < -0.39 is 24.0 Å². The van der Waals surface area contributed by atoms with Crippen LogP contribution in [-0.4, -0.2) is 52.3 Å². The van der Waals surface area contributed by atoms with Crippen LogP contribution < -0.4 is 4.74 Å². The van der Waals surface area contributed by atoms with Crippen molar-refractivity contribution in [1.29, 1.82) is 0 Å². The number of benzene rings is 1. The lowest BCUT2D eigenvalue weighted by Crippen LogP contribution is -2.42. The van der Waals surface area contributed by atoms with Gasteiger partial charge in [-0.15, -0.1) is 0 Å². The minimum Gasteiger partial charge on any atom is -0.482 e. The number of amides is 1. The number of aliphatic hydroxyl groups excluding tert-OH is 1. The van der Waals surface area contributed by atoms with E-state index in [0.717, 1.165) is 4.90 Å². The summed E-state index contributed by atoms with van der Waals surface area (Å²) in [5, 5.41) is 19.2. The predicted molar refractivity (Wildman–Crippen MR) is 75.7 cm³/mol. The molecule has 1 fully saturated rings. The van der Waals surface area contributed by atoms with Gasteiger partial charge >= 0.3 is 5.97 Å². The summed E-state index contributed by atoms with van der Waals surface area (Å²) in [7, 11) is 0. The Morgan fingerprint density at radius 3 is 2.76 bits per heavy atom. The maximum atomic E-state index is 12.0. The first-order chi connectivity index (χ1) is 9.88. The molecule has 1 saturated heterocycles. The summed E-state index contributed by atoms with van der Waals surface area (Å²) in [6, 6.07) is 3.54. The van der Waals surface area contributed by atoms with Crippen LogP contribution in [0.2, 0.25) is 10.0 Å². The molecule has 0 bridgehead atoms. The van der Waals surface area contributed by atoms with E-state index in [1.807, 2.05) is 0 Å². The van der Waals surface area contributed by atoms with E-state index in [0.29, 0.717) is 10.0 Å². The van der Waals surface area contributed by atoms with E-state index in [9.17, 15) is 14.7 Å². The van der Waals surface area contributed by atoms with Gasteiger partial charge in [-0.2, -0.15) is 0 Å². The average molecular weight is 334 g/mol. The normalized spacial score (nSPS) is 21.4. The van der Waals surface area contributed by atoms with Gasteiger partial charge in [-0.1, -0.05) is 23.2 Å². The molecule has 1 amide bonds. The van der Waals surface area contributed by atoms with Gasteiger partial charge < -0.3 is 19.8 Å².